The van der Waals surface area contributed by atoms with Crippen LogP contribution < -0.4 is 15.5 Å². The number of nitrogens with one attached hydrogen (secondary N) is 2. The van der Waals surface area contributed by atoms with E-state index in [9.17, 15) is 4.39 Å². The molecule has 166 valence electrons. The summed E-state index contributed by atoms with van der Waals surface area (Å²) in [6, 6.07) is 7.59. The molecule has 1 saturated heterocycles. The molecular weight excluding hydrogens is 546 g/mol. The van der Waals surface area contributed by atoms with Crippen molar-refractivity contribution in [3.8, 4) is 10.6 Å². The summed E-state index contributed by atoms with van der Waals surface area (Å²) in [5.74, 6) is 0.924. The molecule has 10 heteroatoms. The fraction of sp³-hybridized carbons (Fsp3) is 0.381. The van der Waals surface area contributed by atoms with E-state index in [0.717, 1.165) is 42.6 Å². The first kappa shape index (κ1) is 23.9. The van der Waals surface area contributed by atoms with Crippen LogP contribution in [-0.2, 0) is 6.42 Å². The number of aryl methyl sites for hydroxylation is 1. The summed E-state index contributed by atoms with van der Waals surface area (Å²) in [7, 11) is 1.77. The van der Waals surface area contributed by atoms with E-state index in [1.807, 2.05) is 11.8 Å². The molecule has 1 atom stereocenters. The highest BCUT2D eigenvalue weighted by Gasteiger charge is 2.25. The van der Waals surface area contributed by atoms with Crippen LogP contribution in [0.2, 0.25) is 0 Å². The Labute approximate surface area is 207 Å². The summed E-state index contributed by atoms with van der Waals surface area (Å²) in [5.41, 5.74) is 1.06. The molecule has 1 unspecified atom stereocenters. The van der Waals surface area contributed by atoms with Gasteiger partial charge < -0.3 is 15.5 Å². The van der Waals surface area contributed by atoms with Crippen molar-refractivity contribution in [2.75, 3.05) is 31.6 Å². The van der Waals surface area contributed by atoms with E-state index >= 15 is 0 Å². The number of aromatic nitrogens is 2. The standard InChI is InChI=1S/C21H25FN6S2.HI/c1-14-26-18(13-29-14)19-6-5-16(30-19)7-10-25-21(23-2)27-15-8-11-28(12-15)20-17(22)4-3-9-24-20;/h3-6,9,13,15H,7-8,10-12H2,1-2H3,(H2,23,25,27);1H. The molecule has 31 heavy (non-hydrogen) atoms. The molecule has 1 aliphatic heterocycles. The van der Waals surface area contributed by atoms with Gasteiger partial charge in [-0.2, -0.15) is 0 Å². The van der Waals surface area contributed by atoms with Crippen LogP contribution in [0.15, 0.2) is 40.8 Å². The molecule has 3 aromatic rings. The molecule has 0 aliphatic carbocycles. The van der Waals surface area contributed by atoms with Crippen molar-refractivity contribution >= 4 is 58.4 Å². The molecule has 4 heterocycles. The number of aliphatic imine (C=N–C) groups is 1. The zero-order valence-corrected chi connectivity index (χ0v) is 21.4. The van der Waals surface area contributed by atoms with Crippen LogP contribution in [0.1, 0.15) is 16.3 Å². The fourth-order valence-corrected chi connectivity index (χ4v) is 5.15. The molecule has 2 N–H and O–H groups in total. The van der Waals surface area contributed by atoms with Gasteiger partial charge in [-0.05, 0) is 44.0 Å². The van der Waals surface area contributed by atoms with Gasteiger partial charge in [0, 0.05) is 49.2 Å². The predicted molar refractivity (Wildman–Crippen MR) is 139 cm³/mol. The second-order valence-electron chi connectivity index (χ2n) is 7.15. The fourth-order valence-electron chi connectivity index (χ4n) is 3.50. The molecule has 0 bridgehead atoms. The average molecular weight is 573 g/mol. The number of halogens is 2. The number of pyridine rings is 1. The van der Waals surface area contributed by atoms with E-state index < -0.39 is 0 Å². The van der Waals surface area contributed by atoms with Crippen molar-refractivity contribution < 1.29 is 4.39 Å². The van der Waals surface area contributed by atoms with Gasteiger partial charge in [0.1, 0.15) is 0 Å². The maximum absolute atomic E-state index is 14.0. The summed E-state index contributed by atoms with van der Waals surface area (Å²) >= 11 is 3.46. The maximum Gasteiger partial charge on any atom is 0.191 e. The van der Waals surface area contributed by atoms with Crippen molar-refractivity contribution in [2.24, 2.45) is 4.99 Å². The average Bonchev–Trinajstić information content (AvgIpc) is 3.49. The predicted octanol–water partition coefficient (Wildman–Crippen LogP) is 4.32. The van der Waals surface area contributed by atoms with E-state index in [1.54, 1.807) is 42.0 Å². The maximum atomic E-state index is 14.0. The van der Waals surface area contributed by atoms with E-state index in [2.05, 4.69) is 43.1 Å². The summed E-state index contributed by atoms with van der Waals surface area (Å²) in [5, 5.41) is 10.0. The lowest BCUT2D eigenvalue weighted by Gasteiger charge is -2.19. The lowest BCUT2D eigenvalue weighted by molar-refractivity contribution is 0.612. The van der Waals surface area contributed by atoms with Crippen LogP contribution in [-0.4, -0.2) is 48.7 Å². The Balaban J connectivity index is 0.00000272. The van der Waals surface area contributed by atoms with Gasteiger partial charge in [0.2, 0.25) is 0 Å². The van der Waals surface area contributed by atoms with Crippen molar-refractivity contribution in [2.45, 2.75) is 25.8 Å². The second-order valence-corrected chi connectivity index (χ2v) is 9.38. The van der Waals surface area contributed by atoms with E-state index in [-0.39, 0.29) is 35.8 Å². The number of nitrogens with zero attached hydrogens (tertiary/aromatic N) is 4. The number of anilines is 1. The highest BCUT2D eigenvalue weighted by atomic mass is 127. The number of thiazole rings is 1. The van der Waals surface area contributed by atoms with Crippen molar-refractivity contribution in [3.63, 3.8) is 0 Å². The molecule has 1 aliphatic rings. The summed E-state index contributed by atoms with van der Waals surface area (Å²) in [4.78, 5) is 17.6. The minimum absolute atomic E-state index is 0. The smallest absolute Gasteiger partial charge is 0.191 e. The van der Waals surface area contributed by atoms with Gasteiger partial charge in [-0.15, -0.1) is 46.7 Å². The number of thiophene rings is 1. The summed E-state index contributed by atoms with van der Waals surface area (Å²) < 4.78 is 14.0. The van der Waals surface area contributed by atoms with Gasteiger partial charge in [0.15, 0.2) is 17.6 Å². The molecular formula is C21H26FIN6S2. The lowest BCUT2D eigenvalue weighted by Crippen LogP contribution is -2.45. The molecule has 1 fully saturated rings. The van der Waals surface area contributed by atoms with Gasteiger partial charge in [-0.3, -0.25) is 4.99 Å². The largest absolute Gasteiger partial charge is 0.356 e. The Kier molecular flexibility index (Phi) is 8.61. The van der Waals surface area contributed by atoms with Crippen LogP contribution in [0.25, 0.3) is 10.6 Å². The minimum Gasteiger partial charge on any atom is -0.356 e. The van der Waals surface area contributed by atoms with Crippen LogP contribution in [0.5, 0.6) is 0 Å². The molecule has 3 aromatic heterocycles. The minimum atomic E-state index is -0.274. The van der Waals surface area contributed by atoms with Crippen LogP contribution >= 0.6 is 46.7 Å². The van der Waals surface area contributed by atoms with Crippen molar-refractivity contribution in [3.05, 3.63) is 51.5 Å². The number of guanidine groups is 1. The first-order valence-corrected chi connectivity index (χ1v) is 11.7. The quantitative estimate of drug-likeness (QED) is 0.262. The second kappa shape index (κ2) is 11.2. The molecule has 0 radical (unpaired) electrons. The third kappa shape index (κ3) is 6.13. The van der Waals surface area contributed by atoms with Gasteiger partial charge >= 0.3 is 0 Å². The van der Waals surface area contributed by atoms with Gasteiger partial charge in [-0.25, -0.2) is 14.4 Å². The molecule has 6 nitrogen and oxygen atoms in total. The van der Waals surface area contributed by atoms with Crippen LogP contribution in [0.3, 0.4) is 0 Å². The normalized spacial score (nSPS) is 16.3. The van der Waals surface area contributed by atoms with Crippen molar-refractivity contribution in [1.29, 1.82) is 0 Å². The van der Waals surface area contributed by atoms with Gasteiger partial charge in [0.25, 0.3) is 0 Å². The third-order valence-corrected chi connectivity index (χ3v) is 6.93. The molecule has 4 rings (SSSR count). The van der Waals surface area contributed by atoms with E-state index in [1.165, 1.54) is 15.8 Å². The SMILES string of the molecule is CN=C(NCCc1ccc(-c2csc(C)n2)s1)NC1CCN(c2ncccc2F)C1.I. The van der Waals surface area contributed by atoms with Gasteiger partial charge in [0.05, 0.1) is 15.6 Å². The van der Waals surface area contributed by atoms with Crippen LogP contribution in [0, 0.1) is 12.7 Å². The van der Waals surface area contributed by atoms with E-state index in [0.29, 0.717) is 12.4 Å². The Morgan fingerprint density at radius 2 is 2.23 bits per heavy atom. The highest BCUT2D eigenvalue weighted by molar-refractivity contribution is 14.0. The Bertz CT molecular complexity index is 1020. The zero-order chi connectivity index (χ0) is 20.9. The van der Waals surface area contributed by atoms with Gasteiger partial charge in [-0.1, -0.05) is 0 Å². The molecule has 0 aromatic carbocycles. The Hall–Kier alpha value is -1.79. The third-order valence-electron chi connectivity index (χ3n) is 4.99. The molecule has 0 amide bonds. The monoisotopic (exact) mass is 572 g/mol. The zero-order valence-electron chi connectivity index (χ0n) is 17.5. The molecule has 0 saturated carbocycles. The Morgan fingerprint density at radius 3 is 2.97 bits per heavy atom. The first-order chi connectivity index (χ1) is 14.6. The number of rotatable bonds is 6. The molecule has 0 spiro atoms. The van der Waals surface area contributed by atoms with Crippen LogP contribution in [0.4, 0.5) is 10.2 Å². The number of hydrogen-bond acceptors (Lipinski definition) is 6. The topological polar surface area (TPSA) is 65.4 Å². The Morgan fingerprint density at radius 1 is 1.35 bits per heavy atom. The van der Waals surface area contributed by atoms with Crippen molar-refractivity contribution in [1.82, 2.24) is 20.6 Å². The van der Waals surface area contributed by atoms with E-state index in [4.69, 9.17) is 0 Å². The lowest BCUT2D eigenvalue weighted by atomic mass is 10.3. The summed E-state index contributed by atoms with van der Waals surface area (Å²) in [6.45, 7) is 4.30. The summed E-state index contributed by atoms with van der Waals surface area (Å²) in [6.07, 6.45) is 3.47. The highest BCUT2D eigenvalue weighted by Crippen LogP contribution is 2.29. The number of hydrogen-bond donors (Lipinski definition) is 2. The first-order valence-electron chi connectivity index (χ1n) is 9.96.